The van der Waals surface area contributed by atoms with E-state index in [1.165, 1.54) is 0 Å². The van der Waals surface area contributed by atoms with Gasteiger partial charge in [0, 0.05) is 6.42 Å². The molecule has 1 aromatic carbocycles. The number of nitrogens with zero attached hydrogens (tertiary/aromatic N) is 1. The zero-order valence-electron chi connectivity index (χ0n) is 15.9. The maximum absolute atomic E-state index is 12.8. The van der Waals surface area contributed by atoms with Crippen LogP contribution < -0.4 is 14.8 Å². The van der Waals surface area contributed by atoms with Gasteiger partial charge in [0.1, 0.15) is 0 Å². The molecule has 0 fully saturated rings. The van der Waals surface area contributed by atoms with Crippen LogP contribution in [0.25, 0.3) is 10.6 Å². The van der Waals surface area contributed by atoms with Crippen LogP contribution in [0.1, 0.15) is 41.0 Å². The summed E-state index contributed by atoms with van der Waals surface area (Å²) >= 11 is 1.63. The molecule has 3 aromatic rings. The molecule has 1 aliphatic rings. The third-order valence-corrected chi connectivity index (χ3v) is 5.62. The van der Waals surface area contributed by atoms with Crippen molar-refractivity contribution in [2.45, 2.75) is 26.3 Å². The predicted octanol–water partition coefficient (Wildman–Crippen LogP) is 4.77. The van der Waals surface area contributed by atoms with Gasteiger partial charge in [-0.2, -0.15) is 0 Å². The second-order valence-electron chi connectivity index (χ2n) is 6.76. The smallest absolute Gasteiger partial charge is 0.253 e. The number of aromatic nitrogens is 1. The van der Waals surface area contributed by atoms with E-state index in [0.29, 0.717) is 24.5 Å². The fourth-order valence-electron chi connectivity index (χ4n) is 3.17. The number of pyridine rings is 1. The third-order valence-electron chi connectivity index (χ3n) is 4.72. The molecule has 1 atom stereocenters. The maximum Gasteiger partial charge on any atom is 0.253 e. The number of carbonyl (C=O) groups excluding carboxylic acids is 1. The van der Waals surface area contributed by atoms with Crippen molar-refractivity contribution in [1.82, 2.24) is 10.3 Å². The Morgan fingerprint density at radius 1 is 1.14 bits per heavy atom. The number of aryl methyl sites for hydroxylation is 1. The van der Waals surface area contributed by atoms with Crippen LogP contribution in [0.2, 0.25) is 0 Å². The Morgan fingerprint density at radius 3 is 2.71 bits per heavy atom. The van der Waals surface area contributed by atoms with Crippen molar-refractivity contribution in [1.29, 1.82) is 0 Å². The zero-order valence-corrected chi connectivity index (χ0v) is 16.7. The summed E-state index contributed by atoms with van der Waals surface area (Å²) < 4.78 is 11.4. The normalized spacial score (nSPS) is 14.2. The second-order valence-corrected chi connectivity index (χ2v) is 7.71. The van der Waals surface area contributed by atoms with E-state index in [2.05, 4.69) is 10.3 Å². The van der Waals surface area contributed by atoms with Gasteiger partial charge < -0.3 is 14.8 Å². The monoisotopic (exact) mass is 394 g/mol. The van der Waals surface area contributed by atoms with Gasteiger partial charge in [0.25, 0.3) is 5.91 Å². The summed E-state index contributed by atoms with van der Waals surface area (Å²) in [5, 5.41) is 5.08. The minimum absolute atomic E-state index is 0.137. The van der Waals surface area contributed by atoms with Gasteiger partial charge in [-0.1, -0.05) is 12.1 Å². The first-order chi connectivity index (χ1) is 13.6. The van der Waals surface area contributed by atoms with Crippen LogP contribution in [0.15, 0.2) is 47.8 Å². The molecule has 0 saturated carbocycles. The first-order valence-corrected chi connectivity index (χ1v) is 10.2. The molecule has 1 aliphatic heterocycles. The number of benzene rings is 1. The summed E-state index contributed by atoms with van der Waals surface area (Å²) in [5.74, 6) is 1.35. The summed E-state index contributed by atoms with van der Waals surface area (Å²) in [4.78, 5) is 18.5. The van der Waals surface area contributed by atoms with Gasteiger partial charge >= 0.3 is 0 Å². The summed E-state index contributed by atoms with van der Waals surface area (Å²) in [6.07, 6.45) is 0.865. The minimum atomic E-state index is -0.166. The van der Waals surface area contributed by atoms with Crippen LogP contribution in [0.3, 0.4) is 0 Å². The fourth-order valence-corrected chi connectivity index (χ4v) is 3.86. The van der Waals surface area contributed by atoms with Crippen molar-refractivity contribution in [3.63, 3.8) is 0 Å². The summed E-state index contributed by atoms with van der Waals surface area (Å²) in [5.41, 5.74) is 3.16. The largest absolute Gasteiger partial charge is 0.490 e. The lowest BCUT2D eigenvalue weighted by molar-refractivity contribution is 0.0939. The number of hydrogen-bond donors (Lipinski definition) is 1. The van der Waals surface area contributed by atoms with Gasteiger partial charge in [0.15, 0.2) is 11.5 Å². The molecule has 6 heteroatoms. The highest BCUT2D eigenvalue weighted by atomic mass is 32.1. The Bertz CT molecular complexity index is 985. The van der Waals surface area contributed by atoms with E-state index < -0.39 is 0 Å². The SMILES string of the molecule is Cc1nc(-c2cccs2)ccc1C(=O)N[C@@H](C)c1ccc2c(c1)OCCCO2. The highest BCUT2D eigenvalue weighted by Gasteiger charge is 2.17. The molecule has 2 aromatic heterocycles. The molecular formula is C22H22N2O3S. The molecule has 144 valence electrons. The van der Waals surface area contributed by atoms with Crippen LogP contribution in [-0.2, 0) is 0 Å². The molecule has 4 rings (SSSR count). The van der Waals surface area contributed by atoms with Crippen molar-refractivity contribution in [2.24, 2.45) is 0 Å². The van der Waals surface area contributed by atoms with E-state index in [9.17, 15) is 4.79 Å². The summed E-state index contributed by atoms with van der Waals surface area (Å²) in [6, 6.07) is 13.4. The number of rotatable bonds is 4. The van der Waals surface area contributed by atoms with Crippen LogP contribution in [0.4, 0.5) is 0 Å². The molecule has 0 unspecified atom stereocenters. The van der Waals surface area contributed by atoms with Crippen molar-refractivity contribution in [3.8, 4) is 22.1 Å². The highest BCUT2D eigenvalue weighted by Crippen LogP contribution is 2.32. The Kier molecular flexibility index (Phi) is 5.30. The molecule has 5 nitrogen and oxygen atoms in total. The van der Waals surface area contributed by atoms with E-state index in [1.807, 2.05) is 61.7 Å². The number of nitrogens with one attached hydrogen (secondary N) is 1. The highest BCUT2D eigenvalue weighted by molar-refractivity contribution is 7.13. The number of ether oxygens (including phenoxy) is 2. The van der Waals surface area contributed by atoms with Crippen molar-refractivity contribution >= 4 is 17.2 Å². The topological polar surface area (TPSA) is 60.5 Å². The Hall–Kier alpha value is -2.86. The maximum atomic E-state index is 12.8. The van der Waals surface area contributed by atoms with Crippen molar-refractivity contribution in [2.75, 3.05) is 13.2 Å². The van der Waals surface area contributed by atoms with E-state index >= 15 is 0 Å². The van der Waals surface area contributed by atoms with Gasteiger partial charge in [-0.3, -0.25) is 9.78 Å². The van der Waals surface area contributed by atoms with Crippen molar-refractivity contribution in [3.05, 3.63) is 64.7 Å². The van der Waals surface area contributed by atoms with Gasteiger partial charge in [-0.15, -0.1) is 11.3 Å². The lowest BCUT2D eigenvalue weighted by Gasteiger charge is -2.17. The van der Waals surface area contributed by atoms with Gasteiger partial charge in [-0.25, -0.2) is 0 Å². The van der Waals surface area contributed by atoms with E-state index in [0.717, 1.165) is 34.1 Å². The lowest BCUT2D eigenvalue weighted by atomic mass is 10.1. The van der Waals surface area contributed by atoms with Gasteiger partial charge in [0.05, 0.1) is 41.1 Å². The molecule has 3 heterocycles. The lowest BCUT2D eigenvalue weighted by Crippen LogP contribution is -2.27. The molecule has 28 heavy (non-hydrogen) atoms. The summed E-state index contributed by atoms with van der Waals surface area (Å²) in [6.45, 7) is 5.12. The first-order valence-electron chi connectivity index (χ1n) is 9.34. The quantitative estimate of drug-likeness (QED) is 0.692. The molecule has 0 spiro atoms. The average molecular weight is 394 g/mol. The van der Waals surface area contributed by atoms with Crippen LogP contribution in [0, 0.1) is 6.92 Å². The van der Waals surface area contributed by atoms with Gasteiger partial charge in [-0.05, 0) is 55.1 Å². The fraction of sp³-hybridized carbons (Fsp3) is 0.273. The standard InChI is InChI=1S/C22H22N2O3S/c1-14(16-6-9-19-20(13-16)27-11-4-10-26-19)24-22(25)17-7-8-18(23-15(17)2)21-5-3-12-28-21/h3,5-9,12-14H,4,10-11H2,1-2H3,(H,24,25)/t14-/m0/s1. The molecule has 0 saturated heterocycles. The Morgan fingerprint density at radius 2 is 1.96 bits per heavy atom. The molecule has 0 radical (unpaired) electrons. The van der Waals surface area contributed by atoms with E-state index in [4.69, 9.17) is 9.47 Å². The van der Waals surface area contributed by atoms with E-state index in [1.54, 1.807) is 11.3 Å². The number of hydrogen-bond acceptors (Lipinski definition) is 5. The zero-order chi connectivity index (χ0) is 19.5. The third kappa shape index (κ3) is 3.87. The van der Waals surface area contributed by atoms with E-state index in [-0.39, 0.29) is 11.9 Å². The van der Waals surface area contributed by atoms with Gasteiger partial charge in [0.2, 0.25) is 0 Å². The van der Waals surface area contributed by atoms with Crippen molar-refractivity contribution < 1.29 is 14.3 Å². The molecular weight excluding hydrogens is 372 g/mol. The number of carbonyl (C=O) groups is 1. The van der Waals surface area contributed by atoms with Crippen LogP contribution >= 0.6 is 11.3 Å². The number of thiophene rings is 1. The number of amides is 1. The Labute approximate surface area is 168 Å². The first kappa shape index (κ1) is 18.5. The molecule has 1 N–H and O–H groups in total. The Balaban J connectivity index is 1.49. The molecule has 0 bridgehead atoms. The van der Waals surface area contributed by atoms with Crippen LogP contribution in [0.5, 0.6) is 11.5 Å². The predicted molar refractivity (Wildman–Crippen MR) is 110 cm³/mol. The molecule has 1 amide bonds. The second kappa shape index (κ2) is 8.02. The minimum Gasteiger partial charge on any atom is -0.490 e. The van der Waals surface area contributed by atoms with Crippen LogP contribution in [-0.4, -0.2) is 24.1 Å². The summed E-state index contributed by atoms with van der Waals surface area (Å²) in [7, 11) is 0. The molecule has 0 aliphatic carbocycles. The average Bonchev–Trinajstić information content (AvgIpc) is 3.13. The number of fused-ring (bicyclic) bond motifs is 1.